The molecule has 2 rings (SSSR count). The molecule has 0 saturated heterocycles. The molecule has 1 aliphatic rings. The minimum absolute atomic E-state index is 0. The Kier molecular flexibility index (Phi) is 12.1. The second-order valence-electron chi connectivity index (χ2n) is 7.06. The van der Waals surface area contributed by atoms with Crippen LogP contribution in [0.2, 0.25) is 0 Å². The van der Waals surface area contributed by atoms with Gasteiger partial charge in [-0.05, 0) is 43.4 Å². The molecule has 1 aliphatic carbocycles. The fraction of sp³-hybridized carbons (Fsp3) is 0.619. The Balaban J connectivity index is 0.00000364. The summed E-state index contributed by atoms with van der Waals surface area (Å²) >= 11 is 0. The number of rotatable bonds is 8. The number of halogens is 1. The standard InChI is InChI=1S/C21H34N4O.HI/c1-3-23-20(26)19-13-7-11-18(15-19)16-25-21(22-2)24-14-8-12-17-9-5-4-6-10-17;/h7,11,13,15,17H,3-6,8-10,12,14,16H2,1-2H3,(H,23,26)(H2,22,24,25);1H. The zero-order valence-electron chi connectivity index (χ0n) is 16.7. The molecule has 152 valence electrons. The summed E-state index contributed by atoms with van der Waals surface area (Å²) in [6.45, 7) is 4.16. The maximum absolute atomic E-state index is 11.9. The number of amides is 1. The molecule has 0 aliphatic heterocycles. The van der Waals surface area contributed by atoms with E-state index in [0.717, 1.165) is 24.0 Å². The van der Waals surface area contributed by atoms with Gasteiger partial charge in [0, 0.05) is 32.2 Å². The number of carbonyl (C=O) groups is 1. The van der Waals surface area contributed by atoms with Gasteiger partial charge in [-0.1, -0.05) is 44.2 Å². The Morgan fingerprint density at radius 1 is 1.15 bits per heavy atom. The van der Waals surface area contributed by atoms with Gasteiger partial charge in [0.2, 0.25) is 0 Å². The van der Waals surface area contributed by atoms with Gasteiger partial charge < -0.3 is 16.0 Å². The molecule has 6 heteroatoms. The second-order valence-corrected chi connectivity index (χ2v) is 7.06. The zero-order valence-corrected chi connectivity index (χ0v) is 19.1. The van der Waals surface area contributed by atoms with E-state index in [-0.39, 0.29) is 29.9 Å². The molecule has 27 heavy (non-hydrogen) atoms. The van der Waals surface area contributed by atoms with Crippen molar-refractivity contribution in [1.29, 1.82) is 0 Å². The van der Waals surface area contributed by atoms with Crippen LogP contribution < -0.4 is 16.0 Å². The fourth-order valence-corrected chi connectivity index (χ4v) is 3.56. The normalized spacial score (nSPS) is 15.0. The van der Waals surface area contributed by atoms with E-state index in [4.69, 9.17) is 0 Å². The van der Waals surface area contributed by atoms with Crippen LogP contribution in [-0.4, -0.2) is 32.0 Å². The maximum Gasteiger partial charge on any atom is 0.251 e. The van der Waals surface area contributed by atoms with Gasteiger partial charge in [-0.15, -0.1) is 24.0 Å². The van der Waals surface area contributed by atoms with E-state index < -0.39 is 0 Å². The maximum atomic E-state index is 11.9. The summed E-state index contributed by atoms with van der Waals surface area (Å²) in [6, 6.07) is 7.70. The molecule has 0 atom stereocenters. The summed E-state index contributed by atoms with van der Waals surface area (Å²) in [7, 11) is 1.79. The number of nitrogens with one attached hydrogen (secondary N) is 3. The van der Waals surface area contributed by atoms with Crippen LogP contribution in [0.1, 0.15) is 67.8 Å². The van der Waals surface area contributed by atoms with Crippen molar-refractivity contribution in [3.8, 4) is 0 Å². The number of guanidine groups is 1. The SMILES string of the molecule is CCNC(=O)c1cccc(CNC(=NC)NCCCC2CCCCC2)c1.I. The third-order valence-electron chi connectivity index (χ3n) is 5.02. The van der Waals surface area contributed by atoms with E-state index in [1.165, 1.54) is 44.9 Å². The molecule has 1 fully saturated rings. The minimum Gasteiger partial charge on any atom is -0.356 e. The van der Waals surface area contributed by atoms with Gasteiger partial charge in [0.25, 0.3) is 5.91 Å². The number of aliphatic imine (C=N–C) groups is 1. The van der Waals surface area contributed by atoms with E-state index >= 15 is 0 Å². The number of hydrogen-bond donors (Lipinski definition) is 3. The molecule has 5 nitrogen and oxygen atoms in total. The topological polar surface area (TPSA) is 65.5 Å². The van der Waals surface area contributed by atoms with Crippen molar-refractivity contribution < 1.29 is 4.79 Å². The Bertz CT molecular complexity index is 585. The highest BCUT2D eigenvalue weighted by atomic mass is 127. The van der Waals surface area contributed by atoms with Crippen molar-refractivity contribution in [2.45, 2.75) is 58.4 Å². The van der Waals surface area contributed by atoms with Gasteiger partial charge in [0.1, 0.15) is 0 Å². The van der Waals surface area contributed by atoms with E-state index in [1.807, 2.05) is 31.2 Å². The number of hydrogen-bond acceptors (Lipinski definition) is 2. The summed E-state index contributed by atoms with van der Waals surface area (Å²) in [5, 5.41) is 9.56. The molecule has 3 N–H and O–H groups in total. The Labute approximate surface area is 181 Å². The molecular weight excluding hydrogens is 451 g/mol. The summed E-state index contributed by atoms with van der Waals surface area (Å²) < 4.78 is 0. The molecule has 0 aromatic heterocycles. The lowest BCUT2D eigenvalue weighted by Gasteiger charge is -2.21. The molecule has 0 radical (unpaired) electrons. The van der Waals surface area contributed by atoms with Crippen LogP contribution in [0.15, 0.2) is 29.3 Å². The van der Waals surface area contributed by atoms with Gasteiger partial charge in [-0.3, -0.25) is 9.79 Å². The van der Waals surface area contributed by atoms with Crippen LogP contribution in [0.4, 0.5) is 0 Å². The van der Waals surface area contributed by atoms with Crippen LogP contribution in [0.5, 0.6) is 0 Å². The highest BCUT2D eigenvalue weighted by molar-refractivity contribution is 14.0. The van der Waals surface area contributed by atoms with Gasteiger partial charge >= 0.3 is 0 Å². The van der Waals surface area contributed by atoms with Crippen LogP contribution in [0.25, 0.3) is 0 Å². The molecule has 1 aromatic rings. The van der Waals surface area contributed by atoms with Crippen LogP contribution in [0, 0.1) is 5.92 Å². The summed E-state index contributed by atoms with van der Waals surface area (Å²) in [5.41, 5.74) is 1.76. The highest BCUT2D eigenvalue weighted by Gasteiger charge is 2.12. The number of nitrogens with zero attached hydrogens (tertiary/aromatic N) is 1. The molecule has 0 unspecified atom stereocenters. The molecule has 1 saturated carbocycles. The van der Waals surface area contributed by atoms with Crippen molar-refractivity contribution in [2.24, 2.45) is 10.9 Å². The molecule has 0 bridgehead atoms. The Morgan fingerprint density at radius 2 is 1.93 bits per heavy atom. The van der Waals surface area contributed by atoms with E-state index in [1.54, 1.807) is 7.05 Å². The first-order valence-corrected chi connectivity index (χ1v) is 10.0. The molecule has 0 spiro atoms. The summed E-state index contributed by atoms with van der Waals surface area (Å²) in [5.74, 6) is 1.72. The lowest BCUT2D eigenvalue weighted by molar-refractivity contribution is 0.0955. The first kappa shape index (κ1) is 23.7. The zero-order chi connectivity index (χ0) is 18.6. The lowest BCUT2D eigenvalue weighted by atomic mass is 9.86. The van der Waals surface area contributed by atoms with E-state index in [9.17, 15) is 4.79 Å². The monoisotopic (exact) mass is 486 g/mol. The van der Waals surface area contributed by atoms with Gasteiger partial charge in [0.15, 0.2) is 5.96 Å². The predicted octanol–water partition coefficient (Wildman–Crippen LogP) is 4.08. The third kappa shape index (κ3) is 8.95. The highest BCUT2D eigenvalue weighted by Crippen LogP contribution is 2.26. The lowest BCUT2D eigenvalue weighted by Crippen LogP contribution is -2.37. The van der Waals surface area contributed by atoms with Gasteiger partial charge in [-0.25, -0.2) is 0 Å². The Hall–Kier alpha value is -1.31. The second kappa shape index (κ2) is 13.8. The quantitative estimate of drug-likeness (QED) is 0.225. The largest absolute Gasteiger partial charge is 0.356 e. The van der Waals surface area contributed by atoms with E-state index in [2.05, 4.69) is 20.9 Å². The van der Waals surface area contributed by atoms with Crippen molar-refractivity contribution in [2.75, 3.05) is 20.1 Å². The molecular formula is C21H35IN4O. The first-order valence-electron chi connectivity index (χ1n) is 10.0. The Morgan fingerprint density at radius 3 is 2.63 bits per heavy atom. The number of carbonyl (C=O) groups excluding carboxylic acids is 1. The van der Waals surface area contributed by atoms with Crippen molar-refractivity contribution in [3.05, 3.63) is 35.4 Å². The molecule has 1 amide bonds. The summed E-state index contributed by atoms with van der Waals surface area (Å²) in [6.07, 6.45) is 9.58. The smallest absolute Gasteiger partial charge is 0.251 e. The van der Waals surface area contributed by atoms with Crippen molar-refractivity contribution in [1.82, 2.24) is 16.0 Å². The van der Waals surface area contributed by atoms with Crippen molar-refractivity contribution in [3.63, 3.8) is 0 Å². The first-order chi connectivity index (χ1) is 12.7. The molecule has 1 aromatic carbocycles. The minimum atomic E-state index is -0.0282. The average molecular weight is 486 g/mol. The molecule has 0 heterocycles. The van der Waals surface area contributed by atoms with Gasteiger partial charge in [-0.2, -0.15) is 0 Å². The number of benzene rings is 1. The van der Waals surface area contributed by atoms with Crippen LogP contribution in [0.3, 0.4) is 0 Å². The van der Waals surface area contributed by atoms with Crippen molar-refractivity contribution >= 4 is 35.8 Å². The van der Waals surface area contributed by atoms with Gasteiger partial charge in [0.05, 0.1) is 0 Å². The average Bonchev–Trinajstić information content (AvgIpc) is 2.68. The predicted molar refractivity (Wildman–Crippen MR) is 124 cm³/mol. The van der Waals surface area contributed by atoms with Crippen LogP contribution >= 0.6 is 24.0 Å². The fourth-order valence-electron chi connectivity index (χ4n) is 3.56. The van der Waals surface area contributed by atoms with Crippen LogP contribution in [-0.2, 0) is 6.54 Å². The summed E-state index contributed by atoms with van der Waals surface area (Å²) in [4.78, 5) is 16.2. The van der Waals surface area contributed by atoms with E-state index in [0.29, 0.717) is 18.7 Å². The third-order valence-corrected chi connectivity index (χ3v) is 5.02.